The second-order valence-corrected chi connectivity index (χ2v) is 2.74. The quantitative estimate of drug-likeness (QED) is 0.455. The van der Waals surface area contributed by atoms with E-state index in [1.54, 1.807) is 0 Å². The Kier molecular flexibility index (Phi) is 1.72. The fraction of sp³-hybridized carbons (Fsp3) is 0.750. The van der Waals surface area contributed by atoms with Crippen LogP contribution in [0.2, 0.25) is 0 Å². The van der Waals surface area contributed by atoms with Crippen LogP contribution in [0.5, 0.6) is 0 Å². The van der Waals surface area contributed by atoms with Gasteiger partial charge in [-0.25, -0.2) is 0 Å². The summed E-state index contributed by atoms with van der Waals surface area (Å²) in [5.41, 5.74) is 0. The fourth-order valence-electron chi connectivity index (χ4n) is 1.23. The molecule has 46 valence electrons. The maximum atomic E-state index is 2.33. The normalized spacial score (nSPS) is 37.8. The molecule has 1 aliphatic carbocycles. The van der Waals surface area contributed by atoms with Crippen LogP contribution in [0.1, 0.15) is 26.7 Å². The molecule has 0 radical (unpaired) electrons. The van der Waals surface area contributed by atoms with Gasteiger partial charge in [0.1, 0.15) is 0 Å². The number of rotatable bonds is 1. The summed E-state index contributed by atoms with van der Waals surface area (Å²) in [6.45, 7) is 4.43. The van der Waals surface area contributed by atoms with Crippen LogP contribution in [0.3, 0.4) is 0 Å². The first-order valence-electron chi connectivity index (χ1n) is 3.47. The van der Waals surface area contributed by atoms with Gasteiger partial charge in [-0.15, -0.1) is 0 Å². The molecule has 0 N–H and O–H groups in total. The lowest BCUT2D eigenvalue weighted by Gasteiger charge is -2.30. The first-order valence-corrected chi connectivity index (χ1v) is 3.47. The smallest absolute Gasteiger partial charge is 0.0208 e. The largest absolute Gasteiger partial charge is 0.0914 e. The van der Waals surface area contributed by atoms with E-state index in [2.05, 4.69) is 26.0 Å². The van der Waals surface area contributed by atoms with Crippen LogP contribution in [0.15, 0.2) is 12.2 Å². The molecule has 0 saturated heterocycles. The van der Waals surface area contributed by atoms with Gasteiger partial charge in [0.15, 0.2) is 0 Å². The van der Waals surface area contributed by atoms with Crippen molar-refractivity contribution < 1.29 is 0 Å². The number of hydrogen-bond acceptors (Lipinski definition) is 0. The second kappa shape index (κ2) is 2.34. The zero-order valence-corrected chi connectivity index (χ0v) is 5.72. The third-order valence-electron chi connectivity index (χ3n) is 2.13. The van der Waals surface area contributed by atoms with Crippen molar-refractivity contribution in [2.45, 2.75) is 26.7 Å². The summed E-state index contributed by atoms with van der Waals surface area (Å²) in [4.78, 5) is 0. The third-order valence-corrected chi connectivity index (χ3v) is 2.13. The summed E-state index contributed by atoms with van der Waals surface area (Å²) in [5.74, 6) is 1.88. The van der Waals surface area contributed by atoms with Crippen molar-refractivity contribution in [1.29, 1.82) is 0 Å². The zero-order valence-electron chi connectivity index (χ0n) is 5.72. The minimum Gasteiger partial charge on any atom is -0.0914 e. The van der Waals surface area contributed by atoms with Gasteiger partial charge in [0.2, 0.25) is 0 Å². The molecule has 0 aliphatic heterocycles. The summed E-state index contributed by atoms with van der Waals surface area (Å²) < 4.78 is 0. The Morgan fingerprint density at radius 3 is 2.25 bits per heavy atom. The fourth-order valence-corrected chi connectivity index (χ4v) is 1.23. The van der Waals surface area contributed by atoms with E-state index in [1.165, 1.54) is 12.8 Å². The van der Waals surface area contributed by atoms with Crippen molar-refractivity contribution in [3.63, 3.8) is 0 Å². The maximum Gasteiger partial charge on any atom is -0.0208 e. The maximum absolute atomic E-state index is 2.33. The van der Waals surface area contributed by atoms with Gasteiger partial charge in [0, 0.05) is 0 Å². The van der Waals surface area contributed by atoms with Crippen molar-refractivity contribution in [2.75, 3.05) is 0 Å². The van der Waals surface area contributed by atoms with Crippen LogP contribution in [0, 0.1) is 11.8 Å². The topological polar surface area (TPSA) is 0 Å². The molecule has 0 aromatic carbocycles. The highest BCUT2D eigenvalue weighted by Gasteiger charge is 2.23. The molecule has 1 aliphatic rings. The van der Waals surface area contributed by atoms with Gasteiger partial charge in [0.05, 0.1) is 0 Å². The van der Waals surface area contributed by atoms with E-state index in [0.29, 0.717) is 0 Å². The van der Waals surface area contributed by atoms with Gasteiger partial charge in [-0.05, 0) is 31.6 Å². The second-order valence-electron chi connectivity index (χ2n) is 2.74. The molecule has 0 aromatic heterocycles. The van der Waals surface area contributed by atoms with E-state index in [0.717, 1.165) is 11.8 Å². The summed E-state index contributed by atoms with van der Waals surface area (Å²) in [6, 6.07) is 0. The standard InChI is InChI=1S/C8H14/c1-3-4-8-6-5-7(8)2/h3-4,7-8H,5-6H2,1-2H3/b4-3+/t7-,8-/m0/s1. The van der Waals surface area contributed by atoms with Crippen molar-refractivity contribution in [3.05, 3.63) is 12.2 Å². The third kappa shape index (κ3) is 0.936. The van der Waals surface area contributed by atoms with Gasteiger partial charge in [-0.3, -0.25) is 0 Å². The Morgan fingerprint density at radius 2 is 2.12 bits per heavy atom. The lowest BCUT2D eigenvalue weighted by Crippen LogP contribution is -2.20. The Balaban J connectivity index is 2.27. The van der Waals surface area contributed by atoms with Gasteiger partial charge in [0.25, 0.3) is 0 Å². The molecular formula is C8H14. The van der Waals surface area contributed by atoms with Crippen LogP contribution in [-0.4, -0.2) is 0 Å². The highest BCUT2D eigenvalue weighted by atomic mass is 14.3. The first kappa shape index (κ1) is 5.87. The predicted molar refractivity (Wildman–Crippen MR) is 36.7 cm³/mol. The Labute approximate surface area is 51.6 Å². The number of hydrogen-bond donors (Lipinski definition) is 0. The molecule has 1 rings (SSSR count). The average Bonchev–Trinajstić information content (AvgIpc) is 1.79. The zero-order chi connectivity index (χ0) is 5.98. The molecule has 0 heteroatoms. The molecule has 0 spiro atoms. The summed E-state index contributed by atoms with van der Waals surface area (Å²) >= 11 is 0. The van der Waals surface area contributed by atoms with E-state index >= 15 is 0 Å². The van der Waals surface area contributed by atoms with Crippen molar-refractivity contribution in [3.8, 4) is 0 Å². The van der Waals surface area contributed by atoms with Gasteiger partial charge in [-0.1, -0.05) is 19.1 Å². The van der Waals surface area contributed by atoms with Crippen LogP contribution in [0.25, 0.3) is 0 Å². The molecule has 0 nitrogen and oxygen atoms in total. The van der Waals surface area contributed by atoms with E-state index in [4.69, 9.17) is 0 Å². The Hall–Kier alpha value is -0.260. The van der Waals surface area contributed by atoms with Gasteiger partial charge < -0.3 is 0 Å². The molecule has 0 amide bonds. The van der Waals surface area contributed by atoms with E-state index < -0.39 is 0 Å². The van der Waals surface area contributed by atoms with Crippen molar-refractivity contribution in [1.82, 2.24) is 0 Å². The van der Waals surface area contributed by atoms with E-state index in [-0.39, 0.29) is 0 Å². The highest BCUT2D eigenvalue weighted by Crippen LogP contribution is 2.34. The molecular weight excluding hydrogens is 96.1 g/mol. The molecule has 1 saturated carbocycles. The van der Waals surface area contributed by atoms with Crippen molar-refractivity contribution in [2.24, 2.45) is 11.8 Å². The summed E-state index contributed by atoms with van der Waals surface area (Å²) in [6.07, 6.45) is 7.36. The first-order chi connectivity index (χ1) is 3.84. The lowest BCUT2D eigenvalue weighted by atomic mass is 9.75. The SMILES string of the molecule is C/C=C/[C@H]1CC[C@@H]1C. The van der Waals surface area contributed by atoms with E-state index in [1.807, 2.05) is 0 Å². The molecule has 0 unspecified atom stereocenters. The van der Waals surface area contributed by atoms with Gasteiger partial charge >= 0.3 is 0 Å². The predicted octanol–water partition coefficient (Wildman–Crippen LogP) is 2.61. The van der Waals surface area contributed by atoms with Crippen LogP contribution < -0.4 is 0 Å². The van der Waals surface area contributed by atoms with Gasteiger partial charge in [-0.2, -0.15) is 0 Å². The van der Waals surface area contributed by atoms with Crippen molar-refractivity contribution >= 4 is 0 Å². The van der Waals surface area contributed by atoms with E-state index in [9.17, 15) is 0 Å². The molecule has 0 heterocycles. The molecule has 2 atom stereocenters. The van der Waals surface area contributed by atoms with Crippen LogP contribution in [-0.2, 0) is 0 Å². The molecule has 8 heavy (non-hydrogen) atoms. The van der Waals surface area contributed by atoms with Crippen LogP contribution >= 0.6 is 0 Å². The molecule has 1 fully saturated rings. The molecule has 0 bridgehead atoms. The monoisotopic (exact) mass is 110 g/mol. The average molecular weight is 110 g/mol. The Morgan fingerprint density at radius 1 is 1.38 bits per heavy atom. The number of allylic oxidation sites excluding steroid dienone is 2. The van der Waals surface area contributed by atoms with Crippen LogP contribution in [0.4, 0.5) is 0 Å². The molecule has 0 aromatic rings. The minimum atomic E-state index is 0.917. The highest BCUT2D eigenvalue weighted by molar-refractivity contribution is 4.93. The summed E-state index contributed by atoms with van der Waals surface area (Å²) in [7, 11) is 0. The minimum absolute atomic E-state index is 0.917. The Bertz CT molecular complexity index is 92.2. The summed E-state index contributed by atoms with van der Waals surface area (Å²) in [5, 5.41) is 0. The lowest BCUT2D eigenvalue weighted by molar-refractivity contribution is 0.251.